The number of amides is 1. The number of carboxylic acid groups (broad SMARTS) is 1. The van der Waals surface area contributed by atoms with Gasteiger partial charge in [0.15, 0.2) is 11.3 Å². The number of carboxylic acids is 1. The molecule has 0 bridgehead atoms. The number of ether oxygens (including phenoxy) is 1. The Balaban J connectivity index is 1.01. The number of fused-ring (bicyclic) bond motifs is 2. The number of pyridine rings is 1. The molecule has 2 saturated heterocycles. The number of hydrogen-bond acceptors (Lipinski definition) is 9. The van der Waals surface area contributed by atoms with Gasteiger partial charge in [-0.2, -0.15) is 5.10 Å². The Bertz CT molecular complexity index is 1930. The summed E-state index contributed by atoms with van der Waals surface area (Å²) < 4.78 is 25.1. The second kappa shape index (κ2) is 11.6. The molecule has 6 heterocycles. The monoisotopic (exact) mass is 627 g/mol. The highest BCUT2D eigenvalue weighted by molar-refractivity contribution is 6.08. The van der Waals surface area contributed by atoms with E-state index in [4.69, 9.17) is 9.72 Å². The highest BCUT2D eigenvalue weighted by atomic mass is 19.1. The molecule has 2 aliphatic rings. The summed E-state index contributed by atoms with van der Waals surface area (Å²) in [4.78, 5) is 40.0. The van der Waals surface area contributed by atoms with E-state index in [9.17, 15) is 14.7 Å². The molecule has 1 amide bonds. The maximum Gasteiger partial charge on any atom is 0.337 e. The van der Waals surface area contributed by atoms with Crippen LogP contribution in [0, 0.1) is 0 Å². The number of rotatable bonds is 9. The number of nitrogens with one attached hydrogen (secondary N) is 1. The SMILES string of the molecule is CC(C)Oc1cc2nc(N3CCN(CC4(F)CN(c5ccccc5C(=O)O)C4)CC3)cn2cc1NC(=O)c1cnn2cccnc12. The van der Waals surface area contributed by atoms with Crippen molar-refractivity contribution in [1.82, 2.24) is 28.9 Å². The van der Waals surface area contributed by atoms with Crippen molar-refractivity contribution in [2.75, 3.05) is 60.9 Å². The first-order valence-corrected chi connectivity index (χ1v) is 15.2. The summed E-state index contributed by atoms with van der Waals surface area (Å²) in [6, 6.07) is 10.3. The van der Waals surface area contributed by atoms with E-state index in [0.29, 0.717) is 66.7 Å². The smallest absolute Gasteiger partial charge is 0.337 e. The third-order valence-electron chi connectivity index (χ3n) is 8.30. The van der Waals surface area contributed by atoms with Crippen LogP contribution in [0.1, 0.15) is 34.6 Å². The minimum atomic E-state index is -1.40. The lowest BCUT2D eigenvalue weighted by molar-refractivity contribution is 0.0600. The lowest BCUT2D eigenvalue weighted by Gasteiger charge is -2.49. The van der Waals surface area contributed by atoms with Gasteiger partial charge in [0.1, 0.15) is 28.5 Å². The molecule has 4 aromatic heterocycles. The Hall–Kier alpha value is -5.24. The van der Waals surface area contributed by atoms with E-state index >= 15 is 4.39 Å². The number of aromatic carboxylic acids is 1. The molecule has 0 aliphatic carbocycles. The first-order chi connectivity index (χ1) is 22.2. The highest BCUT2D eigenvalue weighted by Gasteiger charge is 2.46. The molecule has 2 fully saturated rings. The number of alkyl halides is 1. The van der Waals surface area contributed by atoms with Crippen LogP contribution in [0.25, 0.3) is 11.3 Å². The lowest BCUT2D eigenvalue weighted by Crippen LogP contribution is -2.65. The van der Waals surface area contributed by atoms with Crippen molar-refractivity contribution < 1.29 is 23.8 Å². The van der Waals surface area contributed by atoms with Crippen molar-refractivity contribution >= 4 is 40.4 Å². The third-order valence-corrected chi connectivity index (χ3v) is 8.30. The molecule has 14 heteroatoms. The molecule has 0 atom stereocenters. The maximum absolute atomic E-state index is 15.6. The summed E-state index contributed by atoms with van der Waals surface area (Å²) in [6.45, 7) is 7.13. The van der Waals surface area contributed by atoms with Gasteiger partial charge in [0, 0.05) is 57.4 Å². The minimum Gasteiger partial charge on any atom is -0.489 e. The normalized spacial score (nSPS) is 16.6. The molecule has 46 heavy (non-hydrogen) atoms. The summed E-state index contributed by atoms with van der Waals surface area (Å²) in [5.41, 5.74) is 1.30. The summed E-state index contributed by atoms with van der Waals surface area (Å²) in [5, 5.41) is 16.7. The Morgan fingerprint density at radius 1 is 1.07 bits per heavy atom. The second-order valence-electron chi connectivity index (χ2n) is 12.1. The zero-order valence-electron chi connectivity index (χ0n) is 25.5. The zero-order chi connectivity index (χ0) is 32.0. The topological polar surface area (TPSA) is 133 Å². The third kappa shape index (κ3) is 5.67. The van der Waals surface area contributed by atoms with Crippen molar-refractivity contribution in [2.24, 2.45) is 0 Å². The quantitative estimate of drug-likeness (QED) is 0.250. The number of benzene rings is 1. The van der Waals surface area contributed by atoms with Gasteiger partial charge in [0.25, 0.3) is 5.91 Å². The van der Waals surface area contributed by atoms with E-state index in [0.717, 1.165) is 5.82 Å². The van der Waals surface area contributed by atoms with E-state index in [1.54, 1.807) is 64.4 Å². The van der Waals surface area contributed by atoms with Crippen molar-refractivity contribution in [3.8, 4) is 5.75 Å². The average molecular weight is 628 g/mol. The molecule has 0 saturated carbocycles. The van der Waals surface area contributed by atoms with E-state index in [1.807, 2.05) is 24.4 Å². The van der Waals surface area contributed by atoms with Crippen LogP contribution < -0.4 is 19.9 Å². The van der Waals surface area contributed by atoms with Crippen LogP contribution in [0.5, 0.6) is 5.75 Å². The van der Waals surface area contributed by atoms with Crippen molar-refractivity contribution in [3.05, 3.63) is 78.5 Å². The van der Waals surface area contributed by atoms with Crippen LogP contribution in [-0.2, 0) is 0 Å². The van der Waals surface area contributed by atoms with Gasteiger partial charge in [-0.05, 0) is 32.0 Å². The van der Waals surface area contributed by atoms with Gasteiger partial charge in [-0.15, -0.1) is 0 Å². The van der Waals surface area contributed by atoms with Crippen LogP contribution in [0.2, 0.25) is 0 Å². The van der Waals surface area contributed by atoms with E-state index in [-0.39, 0.29) is 30.7 Å². The minimum absolute atomic E-state index is 0.132. The fourth-order valence-electron chi connectivity index (χ4n) is 6.15. The fourth-order valence-corrected chi connectivity index (χ4v) is 6.15. The molecule has 0 spiro atoms. The fraction of sp³-hybridized carbons (Fsp3) is 0.344. The highest BCUT2D eigenvalue weighted by Crippen LogP contribution is 2.34. The molecular formula is C32H34FN9O4. The molecule has 0 radical (unpaired) electrons. The number of piperazine rings is 1. The number of carbonyl (C=O) groups excluding carboxylic acids is 1. The molecular weight excluding hydrogens is 593 g/mol. The Morgan fingerprint density at radius 2 is 1.85 bits per heavy atom. The van der Waals surface area contributed by atoms with Gasteiger partial charge in [0.05, 0.1) is 42.8 Å². The molecule has 1 aromatic carbocycles. The van der Waals surface area contributed by atoms with Gasteiger partial charge in [-0.1, -0.05) is 12.1 Å². The molecule has 5 aromatic rings. The Labute approximate surface area is 263 Å². The standard InChI is InChI=1S/C32H34FN9O4/c1-21(2)46-26-14-27-37-28(17-40(27)16-24(26)36-30(43)23-15-35-42-9-5-8-34-29(23)42)39-12-10-38(11-13-39)18-32(33)19-41(20-32)25-7-4-3-6-22(25)31(44)45/h3-9,14-17,21H,10-13,18-20H2,1-2H3,(H,36,43)(H,44,45). The summed E-state index contributed by atoms with van der Waals surface area (Å²) in [6.07, 6.45) is 8.39. The van der Waals surface area contributed by atoms with Crippen molar-refractivity contribution in [3.63, 3.8) is 0 Å². The van der Waals surface area contributed by atoms with Crippen molar-refractivity contribution in [1.29, 1.82) is 0 Å². The predicted octanol–water partition coefficient (Wildman–Crippen LogP) is 3.47. The van der Waals surface area contributed by atoms with Crippen LogP contribution >= 0.6 is 0 Å². The van der Waals surface area contributed by atoms with E-state index in [2.05, 4.69) is 25.2 Å². The van der Waals surface area contributed by atoms with Gasteiger partial charge in [-0.25, -0.2) is 23.7 Å². The number of anilines is 3. The summed E-state index contributed by atoms with van der Waals surface area (Å²) in [7, 11) is 0. The zero-order valence-corrected chi connectivity index (χ0v) is 25.5. The first-order valence-electron chi connectivity index (χ1n) is 15.2. The number of hydrogen-bond donors (Lipinski definition) is 2. The van der Waals surface area contributed by atoms with Gasteiger partial charge in [0.2, 0.25) is 0 Å². The number of nitrogens with zero attached hydrogens (tertiary/aromatic N) is 8. The van der Waals surface area contributed by atoms with E-state index in [1.165, 1.54) is 6.20 Å². The van der Waals surface area contributed by atoms with Crippen LogP contribution in [0.4, 0.5) is 21.6 Å². The lowest BCUT2D eigenvalue weighted by atomic mass is 9.93. The number of carbonyl (C=O) groups is 2. The number of aromatic nitrogens is 5. The molecule has 2 N–H and O–H groups in total. The maximum atomic E-state index is 15.6. The van der Waals surface area contributed by atoms with Crippen molar-refractivity contribution in [2.45, 2.75) is 25.6 Å². The summed E-state index contributed by atoms with van der Waals surface area (Å²) >= 11 is 0. The Kier molecular flexibility index (Phi) is 7.43. The molecule has 238 valence electrons. The molecule has 2 aliphatic heterocycles. The largest absolute Gasteiger partial charge is 0.489 e. The second-order valence-corrected chi connectivity index (χ2v) is 12.1. The predicted molar refractivity (Wildman–Crippen MR) is 170 cm³/mol. The van der Waals surface area contributed by atoms with Crippen LogP contribution in [-0.4, -0.2) is 103 Å². The average Bonchev–Trinajstić information content (AvgIpc) is 3.64. The number of halogens is 1. The van der Waals surface area contributed by atoms with Crippen LogP contribution in [0.3, 0.4) is 0 Å². The number of imidazole rings is 1. The van der Waals surface area contributed by atoms with Crippen LogP contribution in [0.15, 0.2) is 67.4 Å². The Morgan fingerprint density at radius 3 is 2.61 bits per heavy atom. The molecule has 13 nitrogen and oxygen atoms in total. The molecule has 7 rings (SSSR count). The summed E-state index contributed by atoms with van der Waals surface area (Å²) in [5.74, 6) is -0.0958. The first kappa shape index (κ1) is 29.5. The van der Waals surface area contributed by atoms with Gasteiger partial charge >= 0.3 is 5.97 Å². The number of para-hydroxylation sites is 1. The molecule has 0 unspecified atom stereocenters. The van der Waals surface area contributed by atoms with Gasteiger partial charge in [-0.3, -0.25) is 9.69 Å². The van der Waals surface area contributed by atoms with Gasteiger partial charge < -0.3 is 29.4 Å². The van der Waals surface area contributed by atoms with E-state index < -0.39 is 11.6 Å².